The van der Waals surface area contributed by atoms with Gasteiger partial charge in [-0.2, -0.15) is 0 Å². The van der Waals surface area contributed by atoms with E-state index in [1.165, 1.54) is 6.20 Å². The third kappa shape index (κ3) is 2.72. The van der Waals surface area contributed by atoms with Crippen LogP contribution in [0.2, 0.25) is 0 Å². The van der Waals surface area contributed by atoms with E-state index in [2.05, 4.69) is 23.7 Å². The second kappa shape index (κ2) is 4.84. The summed E-state index contributed by atoms with van der Waals surface area (Å²) < 4.78 is 0. The van der Waals surface area contributed by atoms with E-state index >= 15 is 0 Å². The molecule has 3 N–H and O–H groups in total. The number of nitrogen functional groups attached to an aromatic ring is 1. The molecule has 2 rings (SSSR count). The summed E-state index contributed by atoms with van der Waals surface area (Å²) in [7, 11) is 0. The Morgan fingerprint density at radius 3 is 2.78 bits per heavy atom. The van der Waals surface area contributed by atoms with Gasteiger partial charge < -0.3 is 15.7 Å². The lowest BCUT2D eigenvalue weighted by Gasteiger charge is -2.25. The van der Waals surface area contributed by atoms with Crippen LogP contribution in [0.3, 0.4) is 0 Å². The SMILES string of the molecule is CC(C)CN(c1cc(C(=O)O)c(N)cn1)C1CC1. The van der Waals surface area contributed by atoms with Crippen LogP contribution in [0.5, 0.6) is 0 Å². The maximum atomic E-state index is 11.1. The standard InChI is InChI=1S/C13H19N3O2/c1-8(2)7-16(9-3-4-9)12-5-10(13(17)18)11(14)6-15-12/h5-6,8-9H,3-4,7,14H2,1-2H3,(H,17,18). The summed E-state index contributed by atoms with van der Waals surface area (Å²) >= 11 is 0. The fourth-order valence-electron chi connectivity index (χ4n) is 2.01. The minimum absolute atomic E-state index is 0.134. The lowest BCUT2D eigenvalue weighted by atomic mass is 10.2. The molecular weight excluding hydrogens is 230 g/mol. The number of nitrogens with two attached hydrogens (primary N) is 1. The van der Waals surface area contributed by atoms with Crippen LogP contribution in [-0.2, 0) is 0 Å². The van der Waals surface area contributed by atoms with E-state index < -0.39 is 5.97 Å². The summed E-state index contributed by atoms with van der Waals surface area (Å²) in [6.07, 6.45) is 3.75. The van der Waals surface area contributed by atoms with Crippen LogP contribution >= 0.6 is 0 Å². The molecule has 18 heavy (non-hydrogen) atoms. The quantitative estimate of drug-likeness (QED) is 0.834. The maximum Gasteiger partial charge on any atom is 0.337 e. The molecular formula is C13H19N3O2. The number of hydrogen-bond acceptors (Lipinski definition) is 4. The van der Waals surface area contributed by atoms with Crippen LogP contribution in [0.15, 0.2) is 12.3 Å². The number of aromatic nitrogens is 1. The predicted octanol–water partition coefficient (Wildman–Crippen LogP) is 1.99. The highest BCUT2D eigenvalue weighted by molar-refractivity contribution is 5.94. The van der Waals surface area contributed by atoms with Crippen molar-refractivity contribution < 1.29 is 9.90 Å². The molecule has 1 aliphatic carbocycles. The van der Waals surface area contributed by atoms with Gasteiger partial charge in [-0.25, -0.2) is 9.78 Å². The molecule has 0 spiro atoms. The van der Waals surface area contributed by atoms with Crippen molar-refractivity contribution >= 4 is 17.5 Å². The molecule has 5 nitrogen and oxygen atoms in total. The second-order valence-electron chi connectivity index (χ2n) is 5.21. The summed E-state index contributed by atoms with van der Waals surface area (Å²) in [5, 5.41) is 9.08. The van der Waals surface area contributed by atoms with E-state index in [1.807, 2.05) is 0 Å². The van der Waals surface area contributed by atoms with Crippen molar-refractivity contribution in [1.29, 1.82) is 0 Å². The Morgan fingerprint density at radius 1 is 1.61 bits per heavy atom. The van der Waals surface area contributed by atoms with Crippen molar-refractivity contribution in [2.75, 3.05) is 17.2 Å². The number of carboxylic acid groups (broad SMARTS) is 1. The van der Waals surface area contributed by atoms with Gasteiger partial charge in [0, 0.05) is 12.6 Å². The number of nitrogens with zero attached hydrogens (tertiary/aromatic N) is 2. The molecule has 0 atom stereocenters. The first-order chi connectivity index (χ1) is 8.49. The Hall–Kier alpha value is -1.78. The van der Waals surface area contributed by atoms with E-state index in [0.29, 0.717) is 12.0 Å². The largest absolute Gasteiger partial charge is 0.478 e. The molecule has 0 saturated heterocycles. The number of rotatable bonds is 5. The molecule has 0 amide bonds. The van der Waals surface area contributed by atoms with Crippen molar-refractivity contribution in [2.45, 2.75) is 32.7 Å². The topological polar surface area (TPSA) is 79.5 Å². The lowest BCUT2D eigenvalue weighted by molar-refractivity contribution is 0.0698. The molecule has 98 valence electrons. The highest BCUT2D eigenvalue weighted by atomic mass is 16.4. The average molecular weight is 249 g/mol. The number of anilines is 2. The molecule has 1 fully saturated rings. The molecule has 1 aromatic heterocycles. The molecule has 1 heterocycles. The summed E-state index contributed by atoms with van der Waals surface area (Å²) in [5.74, 6) is 0.229. The minimum Gasteiger partial charge on any atom is -0.478 e. The fraction of sp³-hybridized carbons (Fsp3) is 0.538. The summed E-state index contributed by atoms with van der Waals surface area (Å²) in [4.78, 5) is 17.5. The minimum atomic E-state index is -1.00. The van der Waals surface area contributed by atoms with Gasteiger partial charge in [0.05, 0.1) is 17.4 Å². The third-order valence-electron chi connectivity index (χ3n) is 2.99. The zero-order chi connectivity index (χ0) is 13.3. The fourth-order valence-corrected chi connectivity index (χ4v) is 2.01. The molecule has 1 aromatic rings. The van der Waals surface area contributed by atoms with E-state index in [1.54, 1.807) is 6.07 Å². The van der Waals surface area contributed by atoms with Gasteiger partial charge in [-0.05, 0) is 24.8 Å². The normalized spacial score (nSPS) is 14.8. The van der Waals surface area contributed by atoms with E-state index in [4.69, 9.17) is 10.8 Å². The predicted molar refractivity (Wildman–Crippen MR) is 70.8 cm³/mol. The molecule has 1 aliphatic rings. The Kier molecular flexibility index (Phi) is 3.41. The summed E-state index contributed by atoms with van der Waals surface area (Å²) in [5.41, 5.74) is 5.97. The van der Waals surface area contributed by atoms with Crippen molar-refractivity contribution in [2.24, 2.45) is 5.92 Å². The zero-order valence-corrected chi connectivity index (χ0v) is 10.8. The van der Waals surface area contributed by atoms with Gasteiger partial charge in [0.15, 0.2) is 0 Å². The van der Waals surface area contributed by atoms with E-state index in [0.717, 1.165) is 25.2 Å². The number of aromatic carboxylic acids is 1. The van der Waals surface area contributed by atoms with E-state index in [-0.39, 0.29) is 11.3 Å². The maximum absolute atomic E-state index is 11.1. The van der Waals surface area contributed by atoms with Gasteiger partial charge in [0.2, 0.25) is 0 Å². The van der Waals surface area contributed by atoms with E-state index in [9.17, 15) is 4.79 Å². The second-order valence-corrected chi connectivity index (χ2v) is 5.21. The van der Waals surface area contributed by atoms with Crippen LogP contribution in [0.4, 0.5) is 11.5 Å². The van der Waals surface area contributed by atoms with Crippen LogP contribution in [0.1, 0.15) is 37.0 Å². The van der Waals surface area contributed by atoms with Gasteiger partial charge in [0.1, 0.15) is 5.82 Å². The van der Waals surface area contributed by atoms with Crippen molar-refractivity contribution in [3.8, 4) is 0 Å². The highest BCUT2D eigenvalue weighted by Crippen LogP contribution is 2.32. The molecule has 5 heteroatoms. The number of carboxylic acids is 1. The first-order valence-corrected chi connectivity index (χ1v) is 6.24. The van der Waals surface area contributed by atoms with Crippen molar-refractivity contribution in [1.82, 2.24) is 4.98 Å². The highest BCUT2D eigenvalue weighted by Gasteiger charge is 2.30. The first-order valence-electron chi connectivity index (χ1n) is 6.24. The van der Waals surface area contributed by atoms with Gasteiger partial charge in [-0.1, -0.05) is 13.8 Å². The number of carbonyl (C=O) groups is 1. The van der Waals surface area contributed by atoms with Gasteiger partial charge in [-0.3, -0.25) is 0 Å². The Morgan fingerprint density at radius 2 is 2.28 bits per heavy atom. The zero-order valence-electron chi connectivity index (χ0n) is 10.8. The van der Waals surface area contributed by atoms with Crippen LogP contribution in [0.25, 0.3) is 0 Å². The van der Waals surface area contributed by atoms with Gasteiger partial charge >= 0.3 is 5.97 Å². The Bertz CT molecular complexity index is 456. The van der Waals surface area contributed by atoms with Crippen LogP contribution < -0.4 is 10.6 Å². The van der Waals surface area contributed by atoms with Crippen molar-refractivity contribution in [3.63, 3.8) is 0 Å². The number of pyridine rings is 1. The summed E-state index contributed by atoms with van der Waals surface area (Å²) in [6, 6.07) is 2.09. The van der Waals surface area contributed by atoms with Crippen LogP contribution in [-0.4, -0.2) is 28.6 Å². The lowest BCUT2D eigenvalue weighted by Crippen LogP contribution is -2.30. The average Bonchev–Trinajstić information content (AvgIpc) is 3.10. The molecule has 0 aliphatic heterocycles. The monoisotopic (exact) mass is 249 g/mol. The Balaban J connectivity index is 2.29. The number of hydrogen-bond donors (Lipinski definition) is 2. The molecule has 0 radical (unpaired) electrons. The Labute approximate surface area is 107 Å². The molecule has 0 aromatic carbocycles. The van der Waals surface area contributed by atoms with Gasteiger partial charge in [0.25, 0.3) is 0 Å². The van der Waals surface area contributed by atoms with Crippen LogP contribution in [0, 0.1) is 5.92 Å². The molecule has 0 unspecified atom stereocenters. The summed E-state index contributed by atoms with van der Waals surface area (Å²) in [6.45, 7) is 5.18. The third-order valence-corrected chi connectivity index (χ3v) is 2.99. The van der Waals surface area contributed by atoms with Crippen molar-refractivity contribution in [3.05, 3.63) is 17.8 Å². The first kappa shape index (κ1) is 12.7. The smallest absolute Gasteiger partial charge is 0.337 e. The molecule has 1 saturated carbocycles. The molecule has 0 bridgehead atoms. The van der Waals surface area contributed by atoms with Gasteiger partial charge in [-0.15, -0.1) is 0 Å².